The Morgan fingerprint density at radius 1 is 1.29 bits per heavy atom. The fourth-order valence-corrected chi connectivity index (χ4v) is 3.33. The molecule has 2 aliphatic rings. The molecule has 0 saturated carbocycles. The van der Waals surface area contributed by atoms with E-state index in [1.165, 1.54) is 16.8 Å². The molecule has 3 rings (SSSR count). The SMILES string of the molecule is Cl.FC(F)(F)CC1CCN(Cc2cccc3c2NCC3)C1. The highest BCUT2D eigenvalue weighted by Crippen LogP contribution is 2.32. The number of nitrogens with zero attached hydrogens (tertiary/aromatic N) is 1. The molecule has 0 bridgehead atoms. The Morgan fingerprint density at radius 2 is 2.10 bits per heavy atom. The second kappa shape index (κ2) is 6.44. The molecule has 1 fully saturated rings. The van der Waals surface area contributed by atoms with Gasteiger partial charge in [-0.2, -0.15) is 13.2 Å². The molecule has 0 aromatic heterocycles. The summed E-state index contributed by atoms with van der Waals surface area (Å²) in [4.78, 5) is 2.14. The van der Waals surface area contributed by atoms with Gasteiger partial charge in [-0.15, -0.1) is 12.4 Å². The predicted molar refractivity (Wildman–Crippen MR) is 79.9 cm³/mol. The molecule has 0 aliphatic carbocycles. The smallest absolute Gasteiger partial charge is 0.384 e. The van der Waals surface area contributed by atoms with E-state index in [9.17, 15) is 13.2 Å². The van der Waals surface area contributed by atoms with Gasteiger partial charge in [-0.05, 0) is 36.4 Å². The van der Waals surface area contributed by atoms with Gasteiger partial charge in [0.2, 0.25) is 0 Å². The average molecular weight is 321 g/mol. The summed E-state index contributed by atoms with van der Waals surface area (Å²) in [7, 11) is 0. The van der Waals surface area contributed by atoms with Crippen LogP contribution in [0.3, 0.4) is 0 Å². The largest absolute Gasteiger partial charge is 0.389 e. The van der Waals surface area contributed by atoms with Gasteiger partial charge in [-0.3, -0.25) is 4.90 Å². The van der Waals surface area contributed by atoms with Gasteiger partial charge >= 0.3 is 6.18 Å². The molecule has 0 amide bonds. The molecule has 6 heteroatoms. The van der Waals surface area contributed by atoms with E-state index in [1.54, 1.807) is 0 Å². The Hall–Kier alpha value is -0.940. The molecule has 118 valence electrons. The van der Waals surface area contributed by atoms with Crippen LogP contribution in [0.4, 0.5) is 18.9 Å². The van der Waals surface area contributed by atoms with Crippen LogP contribution in [-0.2, 0) is 13.0 Å². The van der Waals surface area contributed by atoms with Crippen molar-refractivity contribution in [1.29, 1.82) is 0 Å². The lowest BCUT2D eigenvalue weighted by molar-refractivity contribution is -0.143. The van der Waals surface area contributed by atoms with E-state index in [0.717, 1.165) is 26.1 Å². The third-order valence-corrected chi connectivity index (χ3v) is 4.22. The van der Waals surface area contributed by atoms with Gasteiger partial charge in [0.25, 0.3) is 0 Å². The number of rotatable bonds is 3. The minimum Gasteiger partial charge on any atom is -0.384 e. The zero-order valence-corrected chi connectivity index (χ0v) is 12.6. The quantitative estimate of drug-likeness (QED) is 0.910. The molecule has 1 unspecified atom stereocenters. The molecular formula is C15H20ClF3N2. The molecule has 21 heavy (non-hydrogen) atoms. The van der Waals surface area contributed by atoms with E-state index in [1.807, 2.05) is 6.07 Å². The van der Waals surface area contributed by atoms with Gasteiger partial charge in [-0.25, -0.2) is 0 Å². The molecule has 2 nitrogen and oxygen atoms in total. The molecular weight excluding hydrogens is 301 g/mol. The summed E-state index contributed by atoms with van der Waals surface area (Å²) in [5.41, 5.74) is 3.74. The monoisotopic (exact) mass is 320 g/mol. The van der Waals surface area contributed by atoms with E-state index < -0.39 is 12.6 Å². The lowest BCUT2D eigenvalue weighted by atomic mass is 10.0. The molecule has 1 atom stereocenters. The summed E-state index contributed by atoms with van der Waals surface area (Å²) in [6.07, 6.45) is -2.98. The Balaban J connectivity index is 0.00000161. The fourth-order valence-electron chi connectivity index (χ4n) is 3.33. The molecule has 2 heterocycles. The van der Waals surface area contributed by atoms with Crippen LogP contribution in [0.5, 0.6) is 0 Å². The van der Waals surface area contributed by atoms with Crippen LogP contribution in [-0.4, -0.2) is 30.7 Å². The van der Waals surface area contributed by atoms with E-state index in [0.29, 0.717) is 13.0 Å². The minimum atomic E-state index is -4.03. The van der Waals surface area contributed by atoms with Crippen LogP contribution in [0.1, 0.15) is 24.0 Å². The van der Waals surface area contributed by atoms with Crippen LogP contribution < -0.4 is 5.32 Å². The Labute approximate surface area is 129 Å². The number of anilines is 1. The van der Waals surface area contributed by atoms with Crippen molar-refractivity contribution in [3.8, 4) is 0 Å². The van der Waals surface area contributed by atoms with Crippen LogP contribution in [0.25, 0.3) is 0 Å². The van der Waals surface area contributed by atoms with Crippen molar-refractivity contribution < 1.29 is 13.2 Å². The summed E-state index contributed by atoms with van der Waals surface area (Å²) in [6, 6.07) is 6.24. The third kappa shape index (κ3) is 4.04. The number of alkyl halides is 3. The van der Waals surface area contributed by atoms with Crippen molar-refractivity contribution in [2.45, 2.75) is 32.0 Å². The van der Waals surface area contributed by atoms with Crippen LogP contribution in [0.2, 0.25) is 0 Å². The van der Waals surface area contributed by atoms with Crippen molar-refractivity contribution in [2.24, 2.45) is 5.92 Å². The topological polar surface area (TPSA) is 15.3 Å². The first-order chi connectivity index (χ1) is 9.51. The summed E-state index contributed by atoms with van der Waals surface area (Å²) < 4.78 is 37.2. The zero-order chi connectivity index (χ0) is 14.2. The molecule has 0 radical (unpaired) electrons. The van der Waals surface area contributed by atoms with Gasteiger partial charge in [0.05, 0.1) is 0 Å². The van der Waals surface area contributed by atoms with E-state index >= 15 is 0 Å². The number of para-hydroxylation sites is 1. The first-order valence-corrected chi connectivity index (χ1v) is 7.15. The highest BCUT2D eigenvalue weighted by atomic mass is 35.5. The molecule has 0 spiro atoms. The first kappa shape index (κ1) is 16.4. The molecule has 1 saturated heterocycles. The Kier molecular flexibility index (Phi) is 5.04. The maximum absolute atomic E-state index is 12.4. The van der Waals surface area contributed by atoms with E-state index in [2.05, 4.69) is 22.3 Å². The summed E-state index contributed by atoms with van der Waals surface area (Å²) >= 11 is 0. The fraction of sp³-hybridized carbons (Fsp3) is 0.600. The van der Waals surface area contributed by atoms with Crippen molar-refractivity contribution >= 4 is 18.1 Å². The number of nitrogens with one attached hydrogen (secondary N) is 1. The normalized spacial score (nSPS) is 21.8. The van der Waals surface area contributed by atoms with Crippen molar-refractivity contribution in [3.05, 3.63) is 29.3 Å². The second-order valence-electron chi connectivity index (χ2n) is 5.84. The number of benzene rings is 1. The summed E-state index contributed by atoms with van der Waals surface area (Å²) in [6.45, 7) is 3.04. The van der Waals surface area contributed by atoms with Gasteiger partial charge in [0, 0.05) is 31.7 Å². The lowest BCUT2D eigenvalue weighted by Crippen LogP contribution is -2.22. The Morgan fingerprint density at radius 3 is 2.86 bits per heavy atom. The molecule has 1 aromatic carbocycles. The Bertz CT molecular complexity index is 490. The van der Waals surface area contributed by atoms with Gasteiger partial charge in [0.1, 0.15) is 0 Å². The number of hydrogen-bond acceptors (Lipinski definition) is 2. The van der Waals surface area contributed by atoms with Crippen LogP contribution in [0, 0.1) is 5.92 Å². The number of likely N-dealkylation sites (tertiary alicyclic amines) is 1. The molecule has 1 aromatic rings. The van der Waals surface area contributed by atoms with E-state index in [4.69, 9.17) is 0 Å². The number of halogens is 4. The van der Waals surface area contributed by atoms with Gasteiger partial charge in [-0.1, -0.05) is 18.2 Å². The molecule has 1 N–H and O–H groups in total. The van der Waals surface area contributed by atoms with Gasteiger partial charge in [0.15, 0.2) is 0 Å². The maximum atomic E-state index is 12.4. The highest BCUT2D eigenvalue weighted by Gasteiger charge is 2.35. The van der Waals surface area contributed by atoms with Crippen molar-refractivity contribution in [3.63, 3.8) is 0 Å². The zero-order valence-electron chi connectivity index (χ0n) is 11.7. The standard InChI is InChI=1S/C15H19F3N2.ClH/c16-15(17,18)8-11-5-7-20(9-11)10-13-3-1-2-12-4-6-19-14(12)13;/h1-3,11,19H,4-10H2;1H. The lowest BCUT2D eigenvalue weighted by Gasteiger charge is -2.18. The van der Waals surface area contributed by atoms with Crippen molar-refractivity contribution in [1.82, 2.24) is 4.90 Å². The summed E-state index contributed by atoms with van der Waals surface area (Å²) in [5.74, 6) is -0.236. The highest BCUT2D eigenvalue weighted by molar-refractivity contribution is 5.85. The summed E-state index contributed by atoms with van der Waals surface area (Å²) in [5, 5.41) is 3.39. The van der Waals surface area contributed by atoms with E-state index in [-0.39, 0.29) is 18.3 Å². The average Bonchev–Trinajstić information content (AvgIpc) is 2.96. The first-order valence-electron chi connectivity index (χ1n) is 7.15. The van der Waals surface area contributed by atoms with Crippen molar-refractivity contribution in [2.75, 3.05) is 25.0 Å². The molecule has 2 aliphatic heterocycles. The minimum absolute atomic E-state index is 0. The van der Waals surface area contributed by atoms with Crippen LogP contribution in [0.15, 0.2) is 18.2 Å². The number of fused-ring (bicyclic) bond motifs is 1. The predicted octanol–water partition coefficient (Wildman–Crippen LogP) is 3.85. The van der Waals surface area contributed by atoms with Crippen LogP contribution >= 0.6 is 12.4 Å². The maximum Gasteiger partial charge on any atom is 0.389 e. The van der Waals surface area contributed by atoms with Gasteiger partial charge < -0.3 is 5.32 Å². The third-order valence-electron chi connectivity index (χ3n) is 4.22. The number of hydrogen-bond donors (Lipinski definition) is 1. The second-order valence-corrected chi connectivity index (χ2v) is 5.84.